The molecule has 5 nitrogen and oxygen atoms in total. The van der Waals surface area contributed by atoms with E-state index in [1.165, 1.54) is 29.5 Å². The summed E-state index contributed by atoms with van der Waals surface area (Å²) in [6.07, 6.45) is 1.99. The number of aryl methyl sites for hydroxylation is 1. The molecule has 23 heavy (non-hydrogen) atoms. The molecule has 2 aromatic carbocycles. The van der Waals surface area contributed by atoms with E-state index in [2.05, 4.69) is 6.07 Å². The maximum absolute atomic E-state index is 12.5. The van der Waals surface area contributed by atoms with E-state index in [9.17, 15) is 14.9 Å². The Hall–Kier alpha value is -2.34. The molecule has 0 atom stereocenters. The summed E-state index contributed by atoms with van der Waals surface area (Å²) in [4.78, 5) is 25.4. The van der Waals surface area contributed by atoms with Gasteiger partial charge in [-0.2, -0.15) is 0 Å². The summed E-state index contributed by atoms with van der Waals surface area (Å²) >= 11 is 1.40. The fourth-order valence-electron chi connectivity index (χ4n) is 2.68. The smallest absolute Gasteiger partial charge is 0.269 e. The van der Waals surface area contributed by atoms with E-state index >= 15 is 0 Å². The molecule has 1 heterocycles. The normalized spacial score (nSPS) is 13.5. The number of hydrogen-bond acceptors (Lipinski definition) is 4. The van der Waals surface area contributed by atoms with Crippen LogP contribution < -0.4 is 4.90 Å². The van der Waals surface area contributed by atoms with Crippen molar-refractivity contribution < 1.29 is 9.72 Å². The highest BCUT2D eigenvalue weighted by molar-refractivity contribution is 8.00. The number of carbonyl (C=O) groups is 1. The summed E-state index contributed by atoms with van der Waals surface area (Å²) in [5, 5.41) is 10.6. The Morgan fingerprint density at radius 1 is 1.17 bits per heavy atom. The van der Waals surface area contributed by atoms with Crippen LogP contribution in [0.15, 0.2) is 53.4 Å². The van der Waals surface area contributed by atoms with Gasteiger partial charge in [0.25, 0.3) is 5.69 Å². The third-order valence-corrected chi connectivity index (χ3v) is 4.82. The van der Waals surface area contributed by atoms with Gasteiger partial charge in [0.15, 0.2) is 0 Å². The van der Waals surface area contributed by atoms with Gasteiger partial charge in [0, 0.05) is 29.3 Å². The average molecular weight is 328 g/mol. The van der Waals surface area contributed by atoms with E-state index in [1.807, 2.05) is 23.1 Å². The van der Waals surface area contributed by atoms with Gasteiger partial charge in [-0.25, -0.2) is 0 Å². The summed E-state index contributed by atoms with van der Waals surface area (Å²) < 4.78 is 0. The third-order valence-electron chi connectivity index (χ3n) is 3.82. The molecule has 0 aliphatic carbocycles. The number of rotatable bonds is 4. The maximum atomic E-state index is 12.5. The Morgan fingerprint density at radius 3 is 2.65 bits per heavy atom. The van der Waals surface area contributed by atoms with Crippen LogP contribution in [-0.4, -0.2) is 23.1 Å². The van der Waals surface area contributed by atoms with E-state index in [4.69, 9.17) is 0 Å². The summed E-state index contributed by atoms with van der Waals surface area (Å²) in [5.74, 6) is 0.395. The molecule has 0 radical (unpaired) electrons. The first-order valence-corrected chi connectivity index (χ1v) is 8.39. The minimum absolute atomic E-state index is 0.0608. The maximum Gasteiger partial charge on any atom is 0.269 e. The fraction of sp³-hybridized carbons (Fsp3) is 0.235. The third kappa shape index (κ3) is 3.53. The van der Waals surface area contributed by atoms with Crippen LogP contribution in [0.5, 0.6) is 0 Å². The lowest BCUT2D eigenvalue weighted by molar-refractivity contribution is -0.384. The first-order valence-electron chi connectivity index (χ1n) is 7.40. The summed E-state index contributed by atoms with van der Waals surface area (Å²) in [6.45, 7) is 0.747. The molecule has 0 saturated carbocycles. The first kappa shape index (κ1) is 15.6. The Balaban J connectivity index is 1.65. The van der Waals surface area contributed by atoms with Crippen molar-refractivity contribution in [2.45, 2.75) is 17.7 Å². The number of thioether (sulfide) groups is 1. The van der Waals surface area contributed by atoms with Gasteiger partial charge in [-0.1, -0.05) is 18.2 Å². The number of carbonyl (C=O) groups excluding carboxylic acids is 1. The number of amides is 1. The number of nitro benzene ring substituents is 1. The van der Waals surface area contributed by atoms with Crippen LogP contribution in [0, 0.1) is 10.1 Å². The van der Waals surface area contributed by atoms with Gasteiger partial charge in [0.2, 0.25) is 5.91 Å². The van der Waals surface area contributed by atoms with Crippen LogP contribution in [0.1, 0.15) is 12.0 Å². The van der Waals surface area contributed by atoms with E-state index in [0.717, 1.165) is 30.0 Å². The van der Waals surface area contributed by atoms with Gasteiger partial charge in [-0.05, 0) is 36.6 Å². The number of anilines is 1. The van der Waals surface area contributed by atoms with Crippen LogP contribution >= 0.6 is 11.8 Å². The molecular weight excluding hydrogens is 312 g/mol. The van der Waals surface area contributed by atoms with Gasteiger partial charge in [0.05, 0.1) is 10.7 Å². The Morgan fingerprint density at radius 2 is 1.91 bits per heavy atom. The predicted octanol–water partition coefficient (Wildman–Crippen LogP) is 3.67. The topological polar surface area (TPSA) is 63.4 Å². The second kappa shape index (κ2) is 6.83. The quantitative estimate of drug-likeness (QED) is 0.488. The zero-order chi connectivity index (χ0) is 16.2. The Kier molecular flexibility index (Phi) is 4.62. The highest BCUT2D eigenvalue weighted by Gasteiger charge is 2.21. The lowest BCUT2D eigenvalue weighted by Gasteiger charge is -2.29. The van der Waals surface area contributed by atoms with Crippen LogP contribution in [0.3, 0.4) is 0 Å². The number of hydrogen-bond donors (Lipinski definition) is 0. The molecule has 118 valence electrons. The minimum atomic E-state index is -0.426. The molecule has 1 aliphatic rings. The molecular formula is C17H16N2O3S. The molecule has 1 amide bonds. The van der Waals surface area contributed by atoms with Gasteiger partial charge in [-0.3, -0.25) is 14.9 Å². The summed E-state index contributed by atoms with van der Waals surface area (Å²) in [5.41, 5.74) is 2.28. The Labute approximate surface area is 138 Å². The van der Waals surface area contributed by atoms with Crippen LogP contribution in [0.2, 0.25) is 0 Å². The molecule has 2 aromatic rings. The molecule has 0 bridgehead atoms. The molecule has 0 spiro atoms. The van der Waals surface area contributed by atoms with Crippen LogP contribution in [-0.2, 0) is 11.2 Å². The average Bonchev–Trinajstić information content (AvgIpc) is 2.59. The van der Waals surface area contributed by atoms with Gasteiger partial charge >= 0.3 is 0 Å². The monoisotopic (exact) mass is 328 g/mol. The van der Waals surface area contributed by atoms with Crippen molar-refractivity contribution >= 4 is 29.0 Å². The molecule has 0 unspecified atom stereocenters. The number of para-hydroxylation sites is 1. The molecule has 6 heteroatoms. The van der Waals surface area contributed by atoms with Crippen LogP contribution in [0.25, 0.3) is 0 Å². The van der Waals surface area contributed by atoms with Crippen molar-refractivity contribution in [3.05, 3.63) is 64.2 Å². The van der Waals surface area contributed by atoms with E-state index in [1.54, 1.807) is 12.1 Å². The predicted molar refractivity (Wildman–Crippen MR) is 90.9 cm³/mol. The summed E-state index contributed by atoms with van der Waals surface area (Å²) in [7, 11) is 0. The van der Waals surface area contributed by atoms with Gasteiger partial charge in [-0.15, -0.1) is 11.8 Å². The highest BCUT2D eigenvalue weighted by Crippen LogP contribution is 2.28. The molecule has 0 N–H and O–H groups in total. The van der Waals surface area contributed by atoms with Gasteiger partial charge in [0.1, 0.15) is 0 Å². The van der Waals surface area contributed by atoms with Crippen molar-refractivity contribution in [2.75, 3.05) is 17.2 Å². The zero-order valence-electron chi connectivity index (χ0n) is 12.5. The molecule has 0 saturated heterocycles. The fourth-order valence-corrected chi connectivity index (χ4v) is 3.45. The number of benzene rings is 2. The molecule has 0 fully saturated rings. The Bertz CT molecular complexity index is 731. The second-order valence-corrected chi connectivity index (χ2v) is 6.37. The van der Waals surface area contributed by atoms with Crippen molar-refractivity contribution in [1.29, 1.82) is 0 Å². The standard InChI is InChI=1S/C17H16N2O3S/c20-17(12-23-15-9-7-14(8-10-15)19(21)22)18-11-3-5-13-4-1-2-6-16(13)18/h1-2,4,6-10H,3,5,11-12H2. The SMILES string of the molecule is O=C(CSc1ccc([N+](=O)[O-])cc1)N1CCCc2ccccc21. The van der Waals surface area contributed by atoms with Crippen molar-refractivity contribution in [3.8, 4) is 0 Å². The minimum Gasteiger partial charge on any atom is -0.311 e. The van der Waals surface area contributed by atoms with Crippen molar-refractivity contribution in [1.82, 2.24) is 0 Å². The highest BCUT2D eigenvalue weighted by atomic mass is 32.2. The summed E-state index contributed by atoms with van der Waals surface area (Å²) in [6, 6.07) is 14.3. The van der Waals surface area contributed by atoms with Crippen LogP contribution in [0.4, 0.5) is 11.4 Å². The molecule has 0 aromatic heterocycles. The second-order valence-electron chi connectivity index (χ2n) is 5.32. The van der Waals surface area contributed by atoms with Gasteiger partial charge < -0.3 is 4.90 Å². The molecule has 3 rings (SSSR count). The van der Waals surface area contributed by atoms with E-state index < -0.39 is 4.92 Å². The first-order chi connectivity index (χ1) is 11.1. The number of nitro groups is 1. The number of non-ortho nitro benzene ring substituents is 1. The largest absolute Gasteiger partial charge is 0.311 e. The van der Waals surface area contributed by atoms with Crippen molar-refractivity contribution in [3.63, 3.8) is 0 Å². The lowest BCUT2D eigenvalue weighted by Crippen LogP contribution is -2.36. The lowest BCUT2D eigenvalue weighted by atomic mass is 10.0. The zero-order valence-corrected chi connectivity index (χ0v) is 13.3. The van der Waals surface area contributed by atoms with E-state index in [-0.39, 0.29) is 11.6 Å². The van der Waals surface area contributed by atoms with E-state index in [0.29, 0.717) is 5.75 Å². The molecule has 1 aliphatic heterocycles. The number of nitrogens with zero attached hydrogens (tertiary/aromatic N) is 2. The van der Waals surface area contributed by atoms with Crippen molar-refractivity contribution in [2.24, 2.45) is 0 Å². The number of fused-ring (bicyclic) bond motifs is 1.